The summed E-state index contributed by atoms with van der Waals surface area (Å²) in [6.07, 6.45) is 0. The van der Waals surface area contributed by atoms with Crippen LogP contribution in [0.2, 0.25) is 5.02 Å². The summed E-state index contributed by atoms with van der Waals surface area (Å²) >= 11 is 11.1. The van der Waals surface area contributed by atoms with Gasteiger partial charge in [-0.1, -0.05) is 11.6 Å². The highest BCUT2D eigenvalue weighted by Crippen LogP contribution is 2.33. The minimum Gasteiger partial charge on any atom is -0.324 e. The topological polar surface area (TPSA) is 41.1 Å². The van der Waals surface area contributed by atoms with Gasteiger partial charge in [0.05, 0.1) is 3.79 Å². The Labute approximate surface area is 128 Å². The summed E-state index contributed by atoms with van der Waals surface area (Å²) in [6.45, 7) is 0.653. The maximum atomic E-state index is 11.9. The summed E-state index contributed by atoms with van der Waals surface area (Å²) in [6, 6.07) is 9.14. The summed E-state index contributed by atoms with van der Waals surface area (Å²) in [5.41, 5.74) is 1.74. The van der Waals surface area contributed by atoms with Crippen molar-refractivity contribution < 1.29 is 4.79 Å². The van der Waals surface area contributed by atoms with Gasteiger partial charge in [-0.15, -0.1) is 11.3 Å². The molecule has 2 N–H and O–H groups in total. The first-order valence-electron chi connectivity index (χ1n) is 5.71. The molecule has 1 amide bonds. The van der Waals surface area contributed by atoms with Gasteiger partial charge < -0.3 is 5.32 Å². The van der Waals surface area contributed by atoms with Gasteiger partial charge in [-0.25, -0.2) is 0 Å². The van der Waals surface area contributed by atoms with Gasteiger partial charge in [0, 0.05) is 27.7 Å². The molecule has 2 heterocycles. The van der Waals surface area contributed by atoms with Crippen LogP contribution in [-0.4, -0.2) is 5.91 Å². The molecule has 0 spiro atoms. The van der Waals surface area contributed by atoms with Crippen LogP contribution in [0, 0.1) is 0 Å². The van der Waals surface area contributed by atoms with E-state index in [1.54, 1.807) is 17.4 Å². The standard InChI is InChI=1S/C13H10BrClN2OS/c14-11-4-2-8(19-11)6-16-12-9-5-7(15)1-3-10(9)17-13(12)18/h1-5,12,16H,6H2,(H,17,18). The third kappa shape index (κ3) is 2.69. The molecule has 1 aromatic heterocycles. The third-order valence-electron chi connectivity index (χ3n) is 2.95. The molecule has 0 saturated heterocycles. The van der Waals surface area contributed by atoms with Crippen LogP contribution in [-0.2, 0) is 11.3 Å². The summed E-state index contributed by atoms with van der Waals surface area (Å²) in [7, 11) is 0. The van der Waals surface area contributed by atoms with Gasteiger partial charge in [0.1, 0.15) is 6.04 Å². The molecule has 98 valence electrons. The Kier molecular flexibility index (Phi) is 3.62. The van der Waals surface area contributed by atoms with Crippen molar-refractivity contribution in [1.82, 2.24) is 5.32 Å². The number of fused-ring (bicyclic) bond motifs is 1. The normalized spacial score (nSPS) is 17.4. The number of rotatable bonds is 3. The molecule has 0 aliphatic carbocycles. The lowest BCUT2D eigenvalue weighted by molar-refractivity contribution is -0.117. The number of thiophene rings is 1. The van der Waals surface area contributed by atoms with Gasteiger partial charge in [0.15, 0.2) is 0 Å². The largest absolute Gasteiger partial charge is 0.324 e. The molecule has 2 aromatic rings. The van der Waals surface area contributed by atoms with Crippen LogP contribution in [0.25, 0.3) is 0 Å². The zero-order valence-corrected chi connectivity index (χ0v) is 12.9. The van der Waals surface area contributed by atoms with Crippen molar-refractivity contribution in [2.75, 3.05) is 5.32 Å². The van der Waals surface area contributed by atoms with Crippen LogP contribution >= 0.6 is 38.9 Å². The summed E-state index contributed by atoms with van der Waals surface area (Å²) in [5, 5.41) is 6.75. The Hall–Kier alpha value is -0.880. The Morgan fingerprint density at radius 1 is 1.37 bits per heavy atom. The van der Waals surface area contributed by atoms with Crippen LogP contribution in [0.15, 0.2) is 34.1 Å². The molecule has 0 radical (unpaired) electrons. The number of benzene rings is 1. The summed E-state index contributed by atoms with van der Waals surface area (Å²) in [5.74, 6) is -0.0344. The Balaban J connectivity index is 1.78. The van der Waals surface area contributed by atoms with Gasteiger partial charge >= 0.3 is 0 Å². The smallest absolute Gasteiger partial charge is 0.246 e. The van der Waals surface area contributed by atoms with Gasteiger partial charge in [0.25, 0.3) is 0 Å². The van der Waals surface area contributed by atoms with E-state index >= 15 is 0 Å². The number of amides is 1. The van der Waals surface area contributed by atoms with E-state index in [-0.39, 0.29) is 11.9 Å². The van der Waals surface area contributed by atoms with Crippen molar-refractivity contribution >= 4 is 50.5 Å². The lowest BCUT2D eigenvalue weighted by Crippen LogP contribution is -2.26. The first-order valence-corrected chi connectivity index (χ1v) is 7.70. The Morgan fingerprint density at radius 2 is 2.21 bits per heavy atom. The monoisotopic (exact) mass is 356 g/mol. The average Bonchev–Trinajstić information content (AvgIpc) is 2.90. The van der Waals surface area contributed by atoms with Crippen LogP contribution in [0.1, 0.15) is 16.5 Å². The summed E-state index contributed by atoms with van der Waals surface area (Å²) in [4.78, 5) is 13.1. The number of carbonyl (C=O) groups excluding carboxylic acids is 1. The van der Waals surface area contributed by atoms with E-state index < -0.39 is 0 Å². The second-order valence-corrected chi connectivity index (χ2v) is 7.22. The zero-order chi connectivity index (χ0) is 13.4. The molecule has 6 heteroatoms. The van der Waals surface area contributed by atoms with Crippen LogP contribution < -0.4 is 10.6 Å². The van der Waals surface area contributed by atoms with Crippen LogP contribution in [0.4, 0.5) is 5.69 Å². The molecular formula is C13H10BrClN2OS. The van der Waals surface area contributed by atoms with Crippen molar-refractivity contribution in [3.63, 3.8) is 0 Å². The zero-order valence-electron chi connectivity index (χ0n) is 9.74. The molecule has 0 saturated carbocycles. The molecule has 0 fully saturated rings. The van der Waals surface area contributed by atoms with Crippen LogP contribution in [0.5, 0.6) is 0 Å². The van der Waals surface area contributed by atoms with Gasteiger partial charge in [0.2, 0.25) is 5.91 Å². The maximum absolute atomic E-state index is 11.9. The van der Waals surface area contributed by atoms with E-state index in [0.29, 0.717) is 11.6 Å². The molecule has 3 nitrogen and oxygen atoms in total. The highest BCUT2D eigenvalue weighted by molar-refractivity contribution is 9.11. The predicted octanol–water partition coefficient (Wildman–Crippen LogP) is 3.95. The van der Waals surface area contributed by atoms with Crippen LogP contribution in [0.3, 0.4) is 0 Å². The quantitative estimate of drug-likeness (QED) is 0.873. The summed E-state index contributed by atoms with van der Waals surface area (Å²) < 4.78 is 1.09. The molecule has 19 heavy (non-hydrogen) atoms. The maximum Gasteiger partial charge on any atom is 0.246 e. The average molecular weight is 358 g/mol. The molecule has 1 aliphatic heterocycles. The minimum atomic E-state index is -0.338. The number of anilines is 1. The Morgan fingerprint density at radius 3 is 2.95 bits per heavy atom. The van der Waals surface area contributed by atoms with E-state index in [4.69, 9.17) is 11.6 Å². The molecule has 1 atom stereocenters. The SMILES string of the molecule is O=C1Nc2ccc(Cl)cc2C1NCc1ccc(Br)s1. The van der Waals surface area contributed by atoms with E-state index in [2.05, 4.69) is 26.6 Å². The molecule has 1 unspecified atom stereocenters. The highest BCUT2D eigenvalue weighted by Gasteiger charge is 2.30. The number of halogens is 2. The second-order valence-electron chi connectivity index (χ2n) is 4.24. The molecule has 1 aromatic carbocycles. The van der Waals surface area contributed by atoms with E-state index in [0.717, 1.165) is 15.0 Å². The van der Waals surface area contributed by atoms with Gasteiger partial charge in [-0.2, -0.15) is 0 Å². The molecule has 0 bridgehead atoms. The van der Waals surface area contributed by atoms with E-state index in [1.165, 1.54) is 4.88 Å². The van der Waals surface area contributed by atoms with E-state index in [9.17, 15) is 4.79 Å². The first-order chi connectivity index (χ1) is 9.13. The number of hydrogen-bond donors (Lipinski definition) is 2. The Bertz CT molecular complexity index is 643. The number of carbonyl (C=O) groups is 1. The first kappa shape index (κ1) is 13.1. The van der Waals surface area contributed by atoms with Crippen molar-refractivity contribution in [2.24, 2.45) is 0 Å². The molecule has 3 rings (SSSR count). The lowest BCUT2D eigenvalue weighted by atomic mass is 10.1. The fraction of sp³-hybridized carbons (Fsp3) is 0.154. The molecular weight excluding hydrogens is 348 g/mol. The van der Waals surface area contributed by atoms with E-state index in [1.807, 2.05) is 24.3 Å². The minimum absolute atomic E-state index is 0.0344. The second kappa shape index (κ2) is 5.25. The van der Waals surface area contributed by atoms with Crippen molar-refractivity contribution in [1.29, 1.82) is 0 Å². The van der Waals surface area contributed by atoms with Gasteiger partial charge in [-0.05, 0) is 46.3 Å². The predicted molar refractivity (Wildman–Crippen MR) is 81.7 cm³/mol. The number of hydrogen-bond acceptors (Lipinski definition) is 3. The lowest BCUT2D eigenvalue weighted by Gasteiger charge is -2.10. The fourth-order valence-corrected chi connectivity index (χ4v) is 3.70. The number of nitrogens with one attached hydrogen (secondary N) is 2. The third-order valence-corrected chi connectivity index (χ3v) is 4.81. The van der Waals surface area contributed by atoms with Crippen molar-refractivity contribution in [3.05, 3.63) is 49.6 Å². The fourth-order valence-electron chi connectivity index (χ4n) is 2.08. The molecule has 1 aliphatic rings. The van der Waals surface area contributed by atoms with Gasteiger partial charge in [-0.3, -0.25) is 10.1 Å². The highest BCUT2D eigenvalue weighted by atomic mass is 79.9. The van der Waals surface area contributed by atoms with Crippen molar-refractivity contribution in [3.8, 4) is 0 Å². The van der Waals surface area contributed by atoms with Crippen molar-refractivity contribution in [2.45, 2.75) is 12.6 Å².